The fourth-order valence-corrected chi connectivity index (χ4v) is 5.21. The molecule has 0 N–H and O–H groups in total. The third-order valence-corrected chi connectivity index (χ3v) is 7.34. The second-order valence-corrected chi connectivity index (χ2v) is 11.1. The minimum absolute atomic E-state index is 0.342. The summed E-state index contributed by atoms with van der Waals surface area (Å²) in [5, 5.41) is 0.342. The van der Waals surface area contributed by atoms with Crippen LogP contribution in [-0.4, -0.2) is 11.9 Å². The van der Waals surface area contributed by atoms with E-state index in [9.17, 15) is 0 Å². The van der Waals surface area contributed by atoms with Gasteiger partial charge < -0.3 is 4.74 Å². The van der Waals surface area contributed by atoms with Gasteiger partial charge in [0.1, 0.15) is 5.75 Å². The number of unbranched alkanes of at least 4 members (excludes halogenated alkanes) is 15. The zero-order chi connectivity index (χ0) is 24.8. The zero-order valence-electron chi connectivity index (χ0n) is 22.6. The Balaban J connectivity index is 1.37. The lowest BCUT2D eigenvalue weighted by Crippen LogP contribution is -2.07. The number of thiol groups is 1. The highest BCUT2D eigenvalue weighted by Gasteiger charge is 2.06. The van der Waals surface area contributed by atoms with Gasteiger partial charge in [-0.2, -0.15) is 12.6 Å². The molecule has 1 atom stereocenters. The Morgan fingerprint density at radius 2 is 0.971 bits per heavy atom. The topological polar surface area (TPSA) is 9.23 Å². The first-order chi connectivity index (χ1) is 17.3. The molecule has 0 radical (unpaired) electrons. The maximum atomic E-state index is 5.96. The number of benzene rings is 2. The lowest BCUT2D eigenvalue weighted by Gasteiger charge is -2.12. The molecule has 2 heteroatoms. The van der Waals surface area contributed by atoms with Crippen LogP contribution in [0.3, 0.4) is 0 Å². The van der Waals surface area contributed by atoms with Crippen LogP contribution in [0.25, 0.3) is 0 Å². The van der Waals surface area contributed by atoms with E-state index in [4.69, 9.17) is 17.4 Å². The molecule has 0 aromatic heterocycles. The quantitative estimate of drug-likeness (QED) is 0.126. The number of hydrogen-bond donors (Lipinski definition) is 1. The first-order valence-corrected chi connectivity index (χ1v) is 15.2. The van der Waals surface area contributed by atoms with E-state index in [2.05, 4.69) is 61.5 Å². The highest BCUT2D eigenvalue weighted by molar-refractivity contribution is 7.80. The van der Waals surface area contributed by atoms with Crippen molar-refractivity contribution in [2.75, 3.05) is 6.61 Å². The van der Waals surface area contributed by atoms with Crippen LogP contribution < -0.4 is 4.74 Å². The van der Waals surface area contributed by atoms with E-state index in [1.807, 2.05) is 0 Å². The van der Waals surface area contributed by atoms with Gasteiger partial charge in [0.15, 0.2) is 0 Å². The smallest absolute Gasteiger partial charge is 0.119 e. The van der Waals surface area contributed by atoms with Crippen LogP contribution in [0.15, 0.2) is 54.6 Å². The van der Waals surface area contributed by atoms with E-state index in [0.717, 1.165) is 31.6 Å². The molecule has 0 saturated carbocycles. The van der Waals surface area contributed by atoms with Gasteiger partial charge in [-0.25, -0.2) is 0 Å². The summed E-state index contributed by atoms with van der Waals surface area (Å²) in [5.41, 5.74) is 2.68. The molecule has 0 aliphatic carbocycles. The van der Waals surface area contributed by atoms with Crippen LogP contribution in [0, 0.1) is 0 Å². The normalized spacial score (nSPS) is 12.1. The molecule has 35 heavy (non-hydrogen) atoms. The van der Waals surface area contributed by atoms with Crippen LogP contribution in [0.4, 0.5) is 0 Å². The van der Waals surface area contributed by atoms with Crippen molar-refractivity contribution in [2.45, 2.75) is 128 Å². The molecule has 196 valence electrons. The number of rotatable bonds is 22. The lowest BCUT2D eigenvalue weighted by atomic mass is 10.0. The minimum Gasteiger partial charge on any atom is -0.494 e. The molecule has 0 heterocycles. The summed E-state index contributed by atoms with van der Waals surface area (Å²) >= 11 is 4.79. The van der Waals surface area contributed by atoms with Gasteiger partial charge in [0.2, 0.25) is 0 Å². The summed E-state index contributed by atoms with van der Waals surface area (Å²) in [6, 6.07) is 19.2. The maximum Gasteiger partial charge on any atom is 0.119 e. The molecule has 0 spiro atoms. The van der Waals surface area contributed by atoms with Crippen molar-refractivity contribution < 1.29 is 4.74 Å². The Morgan fingerprint density at radius 3 is 1.46 bits per heavy atom. The number of ether oxygens (including phenoxy) is 1. The second-order valence-electron chi connectivity index (χ2n) is 10.3. The van der Waals surface area contributed by atoms with Crippen molar-refractivity contribution in [1.82, 2.24) is 0 Å². The molecule has 0 aliphatic heterocycles. The Hall–Kier alpha value is -1.41. The van der Waals surface area contributed by atoms with Crippen molar-refractivity contribution in [3.05, 3.63) is 65.7 Å². The highest BCUT2D eigenvalue weighted by Crippen LogP contribution is 2.18. The molecule has 0 saturated heterocycles. The summed E-state index contributed by atoms with van der Waals surface area (Å²) in [7, 11) is 0. The van der Waals surface area contributed by atoms with Crippen molar-refractivity contribution in [3.63, 3.8) is 0 Å². The summed E-state index contributed by atoms with van der Waals surface area (Å²) < 4.78 is 5.96. The third-order valence-electron chi connectivity index (χ3n) is 6.98. The fraction of sp³-hybridized carbons (Fsp3) is 0.636. The van der Waals surface area contributed by atoms with Gasteiger partial charge in [0.05, 0.1) is 6.61 Å². The van der Waals surface area contributed by atoms with Gasteiger partial charge >= 0.3 is 0 Å². The molecular formula is C33H52OS. The van der Waals surface area contributed by atoms with Gasteiger partial charge in [-0.15, -0.1) is 0 Å². The van der Waals surface area contributed by atoms with Crippen LogP contribution in [0.2, 0.25) is 0 Å². The van der Waals surface area contributed by atoms with Crippen molar-refractivity contribution >= 4 is 12.6 Å². The van der Waals surface area contributed by atoms with Crippen molar-refractivity contribution in [1.29, 1.82) is 0 Å². The van der Waals surface area contributed by atoms with E-state index in [1.54, 1.807) is 0 Å². The van der Waals surface area contributed by atoms with Gasteiger partial charge in [0.25, 0.3) is 0 Å². The number of hydrogen-bond acceptors (Lipinski definition) is 2. The average molecular weight is 497 g/mol. The van der Waals surface area contributed by atoms with Crippen molar-refractivity contribution in [2.24, 2.45) is 0 Å². The summed E-state index contributed by atoms with van der Waals surface area (Å²) in [6.07, 6.45) is 24.4. The SMILES string of the molecule is CCCCCCCCCCCCCCCCCCOc1ccc(CC(S)Cc2ccccc2)cc1. The maximum absolute atomic E-state index is 5.96. The van der Waals surface area contributed by atoms with Gasteiger partial charge in [-0.1, -0.05) is 146 Å². The van der Waals surface area contributed by atoms with Crippen LogP contribution >= 0.6 is 12.6 Å². The predicted molar refractivity (Wildman–Crippen MR) is 158 cm³/mol. The summed E-state index contributed by atoms with van der Waals surface area (Å²) in [4.78, 5) is 0. The van der Waals surface area contributed by atoms with Gasteiger partial charge in [0, 0.05) is 5.25 Å². The molecule has 0 bridgehead atoms. The third kappa shape index (κ3) is 16.0. The van der Waals surface area contributed by atoms with E-state index in [-0.39, 0.29) is 0 Å². The standard InChI is InChI=1S/C33H52OS/c1-2-3-4-5-6-7-8-9-10-11-12-13-14-15-16-20-27-34-32-25-23-31(24-26-32)29-33(35)28-30-21-18-17-19-22-30/h17-19,21-26,33,35H,2-16,20,27-29H2,1H3. The molecule has 0 aliphatic rings. The largest absolute Gasteiger partial charge is 0.494 e. The van der Waals surface area contributed by atoms with E-state index in [1.165, 1.54) is 107 Å². The van der Waals surface area contributed by atoms with Gasteiger partial charge in [-0.3, -0.25) is 0 Å². The molecule has 0 amide bonds. The van der Waals surface area contributed by atoms with Gasteiger partial charge in [-0.05, 0) is 42.5 Å². The molecule has 1 nitrogen and oxygen atoms in total. The van der Waals surface area contributed by atoms with Crippen LogP contribution in [0.5, 0.6) is 5.75 Å². The second kappa shape index (κ2) is 20.7. The molecule has 2 aromatic rings. The van der Waals surface area contributed by atoms with E-state index in [0.29, 0.717) is 5.25 Å². The lowest BCUT2D eigenvalue weighted by molar-refractivity contribution is 0.304. The molecule has 1 unspecified atom stereocenters. The van der Waals surface area contributed by atoms with E-state index >= 15 is 0 Å². The Bertz CT molecular complexity index is 712. The summed E-state index contributed by atoms with van der Waals surface area (Å²) in [6.45, 7) is 3.13. The monoisotopic (exact) mass is 496 g/mol. The average Bonchev–Trinajstić information content (AvgIpc) is 2.87. The first-order valence-electron chi connectivity index (χ1n) is 14.7. The molecule has 0 fully saturated rings. The zero-order valence-corrected chi connectivity index (χ0v) is 23.5. The Morgan fingerprint density at radius 1 is 0.543 bits per heavy atom. The van der Waals surface area contributed by atoms with Crippen LogP contribution in [0.1, 0.15) is 121 Å². The molecule has 2 aromatic carbocycles. The van der Waals surface area contributed by atoms with Crippen LogP contribution in [-0.2, 0) is 12.8 Å². The first kappa shape index (κ1) is 29.8. The minimum atomic E-state index is 0.342. The fourth-order valence-electron chi connectivity index (χ4n) is 4.79. The summed E-state index contributed by atoms with van der Waals surface area (Å²) in [5.74, 6) is 0.994. The molecule has 2 rings (SSSR count). The molecular weight excluding hydrogens is 444 g/mol. The Kier molecular flexibility index (Phi) is 17.7. The Labute approximate surface area is 222 Å². The van der Waals surface area contributed by atoms with Crippen molar-refractivity contribution in [3.8, 4) is 5.75 Å². The predicted octanol–water partition coefficient (Wildman–Crippen LogP) is 10.4. The highest BCUT2D eigenvalue weighted by atomic mass is 32.1. The van der Waals surface area contributed by atoms with E-state index < -0.39 is 0 Å².